The SMILES string of the molecule is CC(C)(C)OC(=O)NCCc1c[nH]c2sccc12. The molecule has 18 heavy (non-hydrogen) atoms. The second-order valence-corrected chi connectivity index (χ2v) is 6.07. The van der Waals surface area contributed by atoms with Crippen molar-refractivity contribution in [2.45, 2.75) is 32.8 Å². The van der Waals surface area contributed by atoms with E-state index in [1.807, 2.05) is 27.0 Å². The van der Waals surface area contributed by atoms with E-state index in [-0.39, 0.29) is 6.09 Å². The zero-order chi connectivity index (χ0) is 13.2. The zero-order valence-corrected chi connectivity index (χ0v) is 11.7. The summed E-state index contributed by atoms with van der Waals surface area (Å²) < 4.78 is 5.17. The van der Waals surface area contributed by atoms with Crippen molar-refractivity contribution in [2.24, 2.45) is 0 Å². The van der Waals surface area contributed by atoms with Crippen molar-refractivity contribution in [3.05, 3.63) is 23.2 Å². The van der Waals surface area contributed by atoms with Gasteiger partial charge in [0.05, 0.1) is 4.83 Å². The molecule has 1 amide bonds. The monoisotopic (exact) mass is 266 g/mol. The van der Waals surface area contributed by atoms with Crippen molar-refractivity contribution in [3.63, 3.8) is 0 Å². The van der Waals surface area contributed by atoms with Crippen molar-refractivity contribution >= 4 is 27.6 Å². The first-order valence-electron chi connectivity index (χ1n) is 5.96. The lowest BCUT2D eigenvalue weighted by molar-refractivity contribution is 0.0528. The molecule has 0 unspecified atom stereocenters. The van der Waals surface area contributed by atoms with Gasteiger partial charge in [0.2, 0.25) is 0 Å². The van der Waals surface area contributed by atoms with Crippen LogP contribution in [0.3, 0.4) is 0 Å². The van der Waals surface area contributed by atoms with E-state index in [1.165, 1.54) is 15.8 Å². The first-order chi connectivity index (χ1) is 8.46. The second kappa shape index (κ2) is 5.02. The number of thiophene rings is 1. The molecule has 0 spiro atoms. The highest BCUT2D eigenvalue weighted by atomic mass is 32.1. The summed E-state index contributed by atoms with van der Waals surface area (Å²) in [5, 5.41) is 6.07. The quantitative estimate of drug-likeness (QED) is 0.895. The molecule has 0 atom stereocenters. The number of amides is 1. The molecule has 0 bridgehead atoms. The number of alkyl carbamates (subject to hydrolysis) is 1. The van der Waals surface area contributed by atoms with E-state index in [2.05, 4.69) is 21.7 Å². The smallest absolute Gasteiger partial charge is 0.407 e. The van der Waals surface area contributed by atoms with E-state index in [4.69, 9.17) is 4.74 Å². The number of hydrogen-bond donors (Lipinski definition) is 2. The highest BCUT2D eigenvalue weighted by Gasteiger charge is 2.15. The van der Waals surface area contributed by atoms with Crippen LogP contribution in [0.1, 0.15) is 26.3 Å². The van der Waals surface area contributed by atoms with Crippen LogP contribution in [0.15, 0.2) is 17.6 Å². The minimum Gasteiger partial charge on any atom is -0.444 e. The van der Waals surface area contributed by atoms with Crippen molar-refractivity contribution in [3.8, 4) is 0 Å². The lowest BCUT2D eigenvalue weighted by atomic mass is 10.2. The first kappa shape index (κ1) is 13.0. The molecule has 2 aromatic heterocycles. The number of H-pyrrole nitrogens is 1. The predicted molar refractivity (Wildman–Crippen MR) is 74.1 cm³/mol. The Morgan fingerprint density at radius 1 is 1.50 bits per heavy atom. The third kappa shape index (κ3) is 3.26. The van der Waals surface area contributed by atoms with Crippen molar-refractivity contribution in [1.29, 1.82) is 0 Å². The highest BCUT2D eigenvalue weighted by molar-refractivity contribution is 7.16. The Balaban J connectivity index is 1.83. The Hall–Kier alpha value is -1.49. The maximum absolute atomic E-state index is 11.5. The summed E-state index contributed by atoms with van der Waals surface area (Å²) in [6, 6.07) is 2.10. The fraction of sp³-hybridized carbons (Fsp3) is 0.462. The van der Waals surface area contributed by atoms with Gasteiger partial charge in [-0.05, 0) is 44.2 Å². The van der Waals surface area contributed by atoms with E-state index in [1.54, 1.807) is 11.3 Å². The molecule has 2 aromatic rings. The van der Waals surface area contributed by atoms with E-state index in [0.29, 0.717) is 6.54 Å². The van der Waals surface area contributed by atoms with Crippen LogP contribution in [0.4, 0.5) is 4.79 Å². The number of rotatable bonds is 3. The molecule has 2 rings (SSSR count). The highest BCUT2D eigenvalue weighted by Crippen LogP contribution is 2.23. The molecule has 4 nitrogen and oxygen atoms in total. The molecule has 2 N–H and O–H groups in total. The summed E-state index contributed by atoms with van der Waals surface area (Å²) in [5.74, 6) is 0. The molecule has 5 heteroatoms. The van der Waals surface area contributed by atoms with Gasteiger partial charge in [0.1, 0.15) is 5.60 Å². The molecular formula is C13H18N2O2S. The molecule has 98 valence electrons. The lowest BCUT2D eigenvalue weighted by Gasteiger charge is -2.19. The maximum Gasteiger partial charge on any atom is 0.407 e. The van der Waals surface area contributed by atoms with Crippen molar-refractivity contribution in [2.75, 3.05) is 6.54 Å². The van der Waals surface area contributed by atoms with Crippen molar-refractivity contribution in [1.82, 2.24) is 10.3 Å². The van der Waals surface area contributed by atoms with Crippen LogP contribution in [0.5, 0.6) is 0 Å². The van der Waals surface area contributed by atoms with Gasteiger partial charge in [-0.2, -0.15) is 0 Å². The van der Waals surface area contributed by atoms with Crippen molar-refractivity contribution < 1.29 is 9.53 Å². The largest absolute Gasteiger partial charge is 0.444 e. The summed E-state index contributed by atoms with van der Waals surface area (Å²) in [5.41, 5.74) is 0.779. The second-order valence-electron chi connectivity index (χ2n) is 5.16. The number of fused-ring (bicyclic) bond motifs is 1. The average molecular weight is 266 g/mol. The van der Waals surface area contributed by atoms with E-state index < -0.39 is 5.60 Å². The Labute approximate surface area is 110 Å². The normalized spacial score (nSPS) is 11.7. The molecule has 0 radical (unpaired) electrons. The van der Waals surface area contributed by atoms with Gasteiger partial charge in [-0.3, -0.25) is 0 Å². The van der Waals surface area contributed by atoms with Gasteiger partial charge in [-0.1, -0.05) is 0 Å². The van der Waals surface area contributed by atoms with Gasteiger partial charge in [-0.25, -0.2) is 4.79 Å². The summed E-state index contributed by atoms with van der Waals surface area (Å²) in [4.78, 5) is 15.9. The molecule has 0 saturated carbocycles. The molecule has 0 aromatic carbocycles. The van der Waals surface area contributed by atoms with Gasteiger partial charge in [-0.15, -0.1) is 11.3 Å². The zero-order valence-electron chi connectivity index (χ0n) is 10.9. The average Bonchev–Trinajstić information content (AvgIpc) is 2.79. The number of carbonyl (C=O) groups is 1. The number of ether oxygens (including phenoxy) is 1. The fourth-order valence-corrected chi connectivity index (χ4v) is 2.52. The summed E-state index contributed by atoms with van der Waals surface area (Å²) in [6.07, 6.45) is 2.44. The number of aromatic amines is 1. The summed E-state index contributed by atoms with van der Waals surface area (Å²) in [7, 11) is 0. The lowest BCUT2D eigenvalue weighted by Crippen LogP contribution is -2.33. The first-order valence-corrected chi connectivity index (χ1v) is 6.84. The van der Waals surface area contributed by atoms with Crippen LogP contribution >= 0.6 is 11.3 Å². The fourth-order valence-electron chi connectivity index (χ4n) is 1.72. The Morgan fingerprint density at radius 3 is 3.00 bits per heavy atom. The Kier molecular flexibility index (Phi) is 3.61. The van der Waals surface area contributed by atoms with Crippen LogP contribution in [-0.2, 0) is 11.2 Å². The molecule has 0 fully saturated rings. The van der Waals surface area contributed by atoms with Crippen LogP contribution in [0.25, 0.3) is 10.2 Å². The topological polar surface area (TPSA) is 54.1 Å². The minimum atomic E-state index is -0.446. The van der Waals surface area contributed by atoms with Gasteiger partial charge in [0.15, 0.2) is 0 Å². The van der Waals surface area contributed by atoms with E-state index in [9.17, 15) is 4.79 Å². The number of carbonyl (C=O) groups excluding carboxylic acids is 1. The Bertz CT molecular complexity index is 536. The third-order valence-corrected chi connectivity index (χ3v) is 3.30. The molecule has 0 aliphatic heterocycles. The standard InChI is InChI=1S/C13H18N2O2S/c1-13(2,3)17-12(16)14-6-4-9-8-15-11-10(9)5-7-18-11/h5,7-8,15H,4,6H2,1-3H3,(H,14,16). The van der Waals surface area contributed by atoms with Crippen LogP contribution in [0, 0.1) is 0 Å². The number of nitrogens with one attached hydrogen (secondary N) is 2. The maximum atomic E-state index is 11.5. The van der Waals surface area contributed by atoms with Gasteiger partial charge >= 0.3 is 6.09 Å². The molecular weight excluding hydrogens is 248 g/mol. The number of hydrogen-bond acceptors (Lipinski definition) is 3. The van der Waals surface area contributed by atoms with Crippen LogP contribution < -0.4 is 5.32 Å². The summed E-state index contributed by atoms with van der Waals surface area (Å²) in [6.45, 7) is 6.15. The van der Waals surface area contributed by atoms with Gasteiger partial charge < -0.3 is 15.0 Å². The molecule has 0 aliphatic rings. The predicted octanol–water partition coefficient (Wildman–Crippen LogP) is 3.30. The van der Waals surface area contributed by atoms with Crippen LogP contribution in [-0.4, -0.2) is 23.2 Å². The minimum absolute atomic E-state index is 0.361. The van der Waals surface area contributed by atoms with Crippen LogP contribution in [0.2, 0.25) is 0 Å². The number of aromatic nitrogens is 1. The Morgan fingerprint density at radius 2 is 2.28 bits per heavy atom. The van der Waals surface area contributed by atoms with Gasteiger partial charge in [0, 0.05) is 18.1 Å². The van der Waals surface area contributed by atoms with Gasteiger partial charge in [0.25, 0.3) is 0 Å². The molecule has 0 aliphatic carbocycles. The summed E-state index contributed by atoms with van der Waals surface area (Å²) >= 11 is 1.69. The van der Waals surface area contributed by atoms with E-state index in [0.717, 1.165) is 6.42 Å². The third-order valence-electron chi connectivity index (χ3n) is 2.45. The molecule has 0 saturated heterocycles. The molecule has 2 heterocycles. The van der Waals surface area contributed by atoms with E-state index >= 15 is 0 Å².